The van der Waals surface area contributed by atoms with E-state index in [1.807, 2.05) is 25.1 Å². The highest BCUT2D eigenvalue weighted by atomic mass is 16.5. The zero-order valence-corrected chi connectivity index (χ0v) is 16.7. The molecule has 2 aromatic carbocycles. The van der Waals surface area contributed by atoms with Crippen LogP contribution >= 0.6 is 0 Å². The molecule has 0 aliphatic carbocycles. The third-order valence-corrected chi connectivity index (χ3v) is 4.89. The van der Waals surface area contributed by atoms with Crippen LogP contribution in [0.1, 0.15) is 12.5 Å². The number of benzene rings is 2. The minimum atomic E-state index is -0.453. The predicted octanol–water partition coefficient (Wildman–Crippen LogP) is 3.76. The Hall–Kier alpha value is -2.73. The van der Waals surface area contributed by atoms with Crippen molar-refractivity contribution in [1.82, 2.24) is 4.90 Å². The number of para-hydroxylation sites is 3. The number of nitrogens with zero attached hydrogens (tertiary/aromatic N) is 2. The first-order valence-electron chi connectivity index (χ1n) is 9.86. The summed E-state index contributed by atoms with van der Waals surface area (Å²) in [5, 5.41) is 2.75. The topological polar surface area (TPSA) is 54.0 Å². The van der Waals surface area contributed by atoms with Crippen molar-refractivity contribution in [1.29, 1.82) is 0 Å². The van der Waals surface area contributed by atoms with Gasteiger partial charge in [0.1, 0.15) is 12.4 Å². The van der Waals surface area contributed by atoms with Crippen molar-refractivity contribution < 1.29 is 14.3 Å². The molecule has 6 nitrogen and oxygen atoms in total. The number of anilines is 2. The van der Waals surface area contributed by atoms with E-state index in [1.165, 1.54) is 11.3 Å². The summed E-state index contributed by atoms with van der Waals surface area (Å²) in [6.45, 7) is 9.61. The molecule has 0 aromatic heterocycles. The largest absolute Gasteiger partial charge is 0.492 e. The van der Waals surface area contributed by atoms with Crippen molar-refractivity contribution in [3.05, 3.63) is 54.1 Å². The number of piperazine rings is 1. The van der Waals surface area contributed by atoms with E-state index in [-0.39, 0.29) is 0 Å². The molecule has 28 heavy (non-hydrogen) atoms. The number of aryl methyl sites for hydroxylation is 1. The van der Waals surface area contributed by atoms with Crippen molar-refractivity contribution in [2.75, 3.05) is 56.2 Å². The molecule has 0 bridgehead atoms. The molecule has 1 fully saturated rings. The average molecular weight is 383 g/mol. The van der Waals surface area contributed by atoms with E-state index >= 15 is 0 Å². The first-order valence-corrected chi connectivity index (χ1v) is 9.86. The Kier molecular flexibility index (Phi) is 7.14. The zero-order valence-electron chi connectivity index (χ0n) is 16.7. The molecule has 2 aromatic rings. The summed E-state index contributed by atoms with van der Waals surface area (Å²) >= 11 is 0. The second-order valence-corrected chi connectivity index (χ2v) is 6.81. The highest BCUT2D eigenvalue weighted by molar-refractivity contribution is 5.86. The number of carbonyl (C=O) groups is 1. The highest BCUT2D eigenvalue weighted by Crippen LogP contribution is 2.24. The van der Waals surface area contributed by atoms with Crippen LogP contribution < -0.4 is 15.0 Å². The maximum absolute atomic E-state index is 12.1. The van der Waals surface area contributed by atoms with E-state index in [9.17, 15) is 4.79 Å². The van der Waals surface area contributed by atoms with Crippen LogP contribution in [0, 0.1) is 6.92 Å². The number of ether oxygens (including phenoxy) is 2. The van der Waals surface area contributed by atoms with Crippen molar-refractivity contribution in [2.45, 2.75) is 13.8 Å². The summed E-state index contributed by atoms with van der Waals surface area (Å²) in [5.74, 6) is 0.647. The molecular weight excluding hydrogens is 354 g/mol. The van der Waals surface area contributed by atoms with E-state index in [1.54, 1.807) is 6.07 Å². The molecule has 1 saturated heterocycles. The molecule has 1 amide bonds. The molecule has 150 valence electrons. The predicted molar refractivity (Wildman–Crippen MR) is 112 cm³/mol. The number of amides is 1. The molecule has 6 heteroatoms. The molecular formula is C22H29N3O3. The van der Waals surface area contributed by atoms with E-state index in [2.05, 4.69) is 46.3 Å². The molecule has 0 unspecified atom stereocenters. The third-order valence-electron chi connectivity index (χ3n) is 4.89. The molecule has 1 heterocycles. The summed E-state index contributed by atoms with van der Waals surface area (Å²) in [7, 11) is 0. The molecule has 3 rings (SSSR count). The van der Waals surface area contributed by atoms with Crippen LogP contribution in [0.3, 0.4) is 0 Å². The number of hydrogen-bond donors (Lipinski definition) is 1. The van der Waals surface area contributed by atoms with Crippen molar-refractivity contribution in [2.24, 2.45) is 0 Å². The van der Waals surface area contributed by atoms with Crippen LogP contribution in [0.15, 0.2) is 48.5 Å². The third kappa shape index (κ3) is 5.39. The Balaban J connectivity index is 1.39. The fourth-order valence-corrected chi connectivity index (χ4v) is 3.40. The average Bonchev–Trinajstić information content (AvgIpc) is 2.71. The van der Waals surface area contributed by atoms with Gasteiger partial charge in [-0.1, -0.05) is 30.3 Å². The maximum atomic E-state index is 12.1. The van der Waals surface area contributed by atoms with Crippen LogP contribution in [0.5, 0.6) is 5.75 Å². The second-order valence-electron chi connectivity index (χ2n) is 6.81. The molecule has 0 radical (unpaired) electrons. The van der Waals surface area contributed by atoms with Gasteiger partial charge in [-0.3, -0.25) is 10.2 Å². The summed E-state index contributed by atoms with van der Waals surface area (Å²) in [6, 6.07) is 15.8. The molecule has 0 spiro atoms. The Morgan fingerprint density at radius 3 is 2.50 bits per heavy atom. The van der Waals surface area contributed by atoms with Gasteiger partial charge in [0.15, 0.2) is 0 Å². The van der Waals surface area contributed by atoms with Crippen molar-refractivity contribution in [3.8, 4) is 5.75 Å². The Morgan fingerprint density at radius 2 is 1.75 bits per heavy atom. The Labute approximate surface area is 167 Å². The van der Waals surface area contributed by atoms with E-state index in [0.717, 1.165) is 32.7 Å². The van der Waals surface area contributed by atoms with Gasteiger partial charge in [0, 0.05) is 38.4 Å². The summed E-state index contributed by atoms with van der Waals surface area (Å²) in [6.07, 6.45) is -0.453. The van der Waals surface area contributed by atoms with Gasteiger partial charge in [-0.2, -0.15) is 0 Å². The lowest BCUT2D eigenvalue weighted by Crippen LogP contribution is -2.47. The normalized spacial score (nSPS) is 14.6. The Bertz CT molecular complexity index is 773. The molecule has 1 aliphatic rings. The summed E-state index contributed by atoms with van der Waals surface area (Å²) < 4.78 is 10.9. The minimum absolute atomic E-state index is 0.368. The molecule has 0 atom stereocenters. The fourth-order valence-electron chi connectivity index (χ4n) is 3.40. The van der Waals surface area contributed by atoms with Crippen LogP contribution in [0.2, 0.25) is 0 Å². The smallest absolute Gasteiger partial charge is 0.411 e. The second kappa shape index (κ2) is 9.99. The highest BCUT2D eigenvalue weighted by Gasteiger charge is 2.18. The maximum Gasteiger partial charge on any atom is 0.411 e. The Morgan fingerprint density at radius 1 is 1.04 bits per heavy atom. The minimum Gasteiger partial charge on any atom is -0.492 e. The van der Waals surface area contributed by atoms with Gasteiger partial charge in [-0.25, -0.2) is 4.79 Å². The number of nitrogens with one attached hydrogen (secondary N) is 1. The first kappa shape index (κ1) is 20.0. The lowest BCUT2D eigenvalue weighted by Gasteiger charge is -2.36. The van der Waals surface area contributed by atoms with Crippen molar-refractivity contribution >= 4 is 17.5 Å². The zero-order chi connectivity index (χ0) is 19.8. The SMILES string of the molecule is CCOc1ccccc1NC(=O)OCCN1CCN(c2ccccc2C)CC1. The van der Waals surface area contributed by atoms with Crippen LogP contribution in [0.25, 0.3) is 0 Å². The quantitative estimate of drug-likeness (QED) is 0.789. The summed E-state index contributed by atoms with van der Waals surface area (Å²) in [4.78, 5) is 16.8. The van der Waals surface area contributed by atoms with Gasteiger partial charge >= 0.3 is 6.09 Å². The van der Waals surface area contributed by atoms with Gasteiger partial charge in [0.05, 0.1) is 12.3 Å². The molecule has 1 aliphatic heterocycles. The van der Waals surface area contributed by atoms with Crippen molar-refractivity contribution in [3.63, 3.8) is 0 Å². The van der Waals surface area contributed by atoms with Crippen LogP contribution in [0.4, 0.5) is 16.2 Å². The van der Waals surface area contributed by atoms with Crippen LogP contribution in [-0.2, 0) is 4.74 Å². The lowest BCUT2D eigenvalue weighted by atomic mass is 10.1. The molecule has 1 N–H and O–H groups in total. The fraction of sp³-hybridized carbons (Fsp3) is 0.409. The standard InChI is InChI=1S/C22H29N3O3/c1-3-27-21-11-7-5-9-19(21)23-22(26)28-17-16-24-12-14-25(15-13-24)20-10-6-4-8-18(20)2/h4-11H,3,12-17H2,1-2H3,(H,23,26). The number of carbonyl (C=O) groups excluding carboxylic acids is 1. The van der Waals surface area contributed by atoms with Gasteiger partial charge < -0.3 is 14.4 Å². The first-order chi connectivity index (χ1) is 13.7. The molecule has 0 saturated carbocycles. The van der Waals surface area contributed by atoms with Gasteiger partial charge in [-0.15, -0.1) is 0 Å². The summed E-state index contributed by atoms with van der Waals surface area (Å²) in [5.41, 5.74) is 3.25. The van der Waals surface area contributed by atoms with E-state index in [0.29, 0.717) is 24.7 Å². The van der Waals surface area contributed by atoms with E-state index < -0.39 is 6.09 Å². The van der Waals surface area contributed by atoms with Gasteiger partial charge in [0.25, 0.3) is 0 Å². The van der Waals surface area contributed by atoms with Gasteiger partial charge in [-0.05, 0) is 37.6 Å². The van der Waals surface area contributed by atoms with E-state index in [4.69, 9.17) is 9.47 Å². The van der Waals surface area contributed by atoms with Crippen LogP contribution in [-0.4, -0.2) is 56.9 Å². The lowest BCUT2D eigenvalue weighted by molar-refractivity contribution is 0.137. The number of hydrogen-bond acceptors (Lipinski definition) is 5. The monoisotopic (exact) mass is 383 g/mol. The number of rotatable bonds is 7. The van der Waals surface area contributed by atoms with Gasteiger partial charge in [0.2, 0.25) is 0 Å².